The van der Waals surface area contributed by atoms with Crippen molar-refractivity contribution in [1.82, 2.24) is 9.97 Å². The van der Waals surface area contributed by atoms with E-state index in [1.165, 1.54) is 12.3 Å². The molecular weight excluding hydrogens is 313 g/mol. The van der Waals surface area contributed by atoms with Crippen molar-refractivity contribution in [2.45, 2.75) is 6.18 Å². The number of fused-ring (bicyclic) bond motifs is 2. The minimum Gasteiger partial charge on any atom is -0.256 e. The predicted molar refractivity (Wildman–Crippen MR) is 87.5 cm³/mol. The van der Waals surface area contributed by atoms with E-state index in [9.17, 15) is 13.2 Å². The summed E-state index contributed by atoms with van der Waals surface area (Å²) in [7, 11) is 0. The van der Waals surface area contributed by atoms with Crippen molar-refractivity contribution in [3.8, 4) is 11.3 Å². The van der Waals surface area contributed by atoms with Crippen molar-refractivity contribution in [2.75, 3.05) is 0 Å². The van der Waals surface area contributed by atoms with Gasteiger partial charge in [0.2, 0.25) is 0 Å². The number of para-hydroxylation sites is 1. The van der Waals surface area contributed by atoms with E-state index in [2.05, 4.69) is 9.97 Å². The van der Waals surface area contributed by atoms with E-state index in [1.54, 1.807) is 12.1 Å². The van der Waals surface area contributed by atoms with Crippen molar-refractivity contribution < 1.29 is 13.2 Å². The molecular formula is C19H11F3N2. The molecule has 0 unspecified atom stereocenters. The first-order valence-electron chi connectivity index (χ1n) is 7.35. The van der Waals surface area contributed by atoms with Crippen LogP contribution >= 0.6 is 0 Å². The fourth-order valence-corrected chi connectivity index (χ4v) is 2.84. The van der Waals surface area contributed by atoms with E-state index >= 15 is 0 Å². The Bertz CT molecular complexity index is 1060. The maximum absolute atomic E-state index is 13.2. The molecule has 0 amide bonds. The molecule has 2 aromatic carbocycles. The van der Waals surface area contributed by atoms with Crippen LogP contribution in [0.15, 0.2) is 66.9 Å². The van der Waals surface area contributed by atoms with Crippen LogP contribution in [-0.4, -0.2) is 9.97 Å². The minimum absolute atomic E-state index is 0.0579. The van der Waals surface area contributed by atoms with Gasteiger partial charge in [-0.25, -0.2) is 4.98 Å². The number of nitrogens with zero attached hydrogens (tertiary/aromatic N) is 2. The number of rotatable bonds is 1. The smallest absolute Gasteiger partial charge is 0.256 e. The molecule has 0 aliphatic rings. The first kappa shape index (κ1) is 14.6. The van der Waals surface area contributed by atoms with Gasteiger partial charge in [-0.3, -0.25) is 4.98 Å². The number of benzene rings is 2. The van der Waals surface area contributed by atoms with Gasteiger partial charge in [0.15, 0.2) is 0 Å². The van der Waals surface area contributed by atoms with Gasteiger partial charge in [0.1, 0.15) is 0 Å². The zero-order chi connectivity index (χ0) is 16.7. The summed E-state index contributed by atoms with van der Waals surface area (Å²) in [4.78, 5) is 8.53. The molecule has 24 heavy (non-hydrogen) atoms. The number of halogens is 3. The monoisotopic (exact) mass is 324 g/mol. The van der Waals surface area contributed by atoms with Crippen LogP contribution in [0.1, 0.15) is 5.56 Å². The lowest BCUT2D eigenvalue weighted by Crippen LogP contribution is -2.07. The molecule has 118 valence electrons. The van der Waals surface area contributed by atoms with E-state index in [4.69, 9.17) is 0 Å². The lowest BCUT2D eigenvalue weighted by Gasteiger charge is -2.13. The molecule has 0 saturated carbocycles. The Labute approximate surface area is 135 Å². The lowest BCUT2D eigenvalue weighted by atomic mass is 10.0. The fourth-order valence-electron chi connectivity index (χ4n) is 2.84. The Hall–Kier alpha value is -2.95. The maximum Gasteiger partial charge on any atom is 0.418 e. The summed E-state index contributed by atoms with van der Waals surface area (Å²) in [6, 6.07) is 17.2. The van der Waals surface area contributed by atoms with Crippen molar-refractivity contribution >= 4 is 21.8 Å². The Balaban J connectivity index is 2.00. The summed E-state index contributed by atoms with van der Waals surface area (Å²) in [5.41, 5.74) is 1.27. The van der Waals surface area contributed by atoms with E-state index in [0.717, 1.165) is 17.0 Å². The van der Waals surface area contributed by atoms with Gasteiger partial charge in [-0.15, -0.1) is 0 Å². The van der Waals surface area contributed by atoms with Gasteiger partial charge in [0.25, 0.3) is 0 Å². The standard InChI is InChI=1S/C19H11F3N2/c20-19(21,22)15-9-8-13(14-5-3-11-23-18(14)15)17-10-7-12-4-1-2-6-16(12)24-17/h1-11H. The van der Waals surface area contributed by atoms with Crippen LogP contribution in [0.5, 0.6) is 0 Å². The molecule has 4 aromatic rings. The van der Waals surface area contributed by atoms with Gasteiger partial charge in [-0.05, 0) is 24.3 Å². The Morgan fingerprint density at radius 2 is 1.62 bits per heavy atom. The average Bonchev–Trinajstić information content (AvgIpc) is 2.59. The van der Waals surface area contributed by atoms with Crippen LogP contribution < -0.4 is 0 Å². The van der Waals surface area contributed by atoms with Crippen LogP contribution in [0.25, 0.3) is 33.1 Å². The molecule has 0 N–H and O–H groups in total. The second-order valence-corrected chi connectivity index (χ2v) is 5.45. The molecule has 0 aliphatic heterocycles. The zero-order valence-corrected chi connectivity index (χ0v) is 12.4. The number of aromatic nitrogens is 2. The quantitative estimate of drug-likeness (QED) is 0.464. The van der Waals surface area contributed by atoms with Gasteiger partial charge in [0, 0.05) is 22.5 Å². The van der Waals surface area contributed by atoms with E-state index in [0.29, 0.717) is 16.6 Å². The normalized spacial score (nSPS) is 12.0. The lowest BCUT2D eigenvalue weighted by molar-refractivity contribution is -0.136. The highest BCUT2D eigenvalue weighted by atomic mass is 19.4. The first-order chi connectivity index (χ1) is 11.5. The van der Waals surface area contributed by atoms with Gasteiger partial charge >= 0.3 is 6.18 Å². The topological polar surface area (TPSA) is 25.8 Å². The van der Waals surface area contributed by atoms with Crippen LogP contribution in [0.3, 0.4) is 0 Å². The van der Waals surface area contributed by atoms with E-state index in [-0.39, 0.29) is 5.52 Å². The summed E-state index contributed by atoms with van der Waals surface area (Å²) in [6.07, 6.45) is -3.07. The minimum atomic E-state index is -4.44. The Morgan fingerprint density at radius 3 is 2.46 bits per heavy atom. The molecule has 2 nitrogen and oxygen atoms in total. The molecule has 0 aliphatic carbocycles. The molecule has 0 spiro atoms. The van der Waals surface area contributed by atoms with Crippen LogP contribution in [0.2, 0.25) is 0 Å². The molecule has 0 atom stereocenters. The van der Waals surface area contributed by atoms with Crippen molar-refractivity contribution in [3.63, 3.8) is 0 Å². The number of hydrogen-bond donors (Lipinski definition) is 0. The molecule has 4 rings (SSSR count). The van der Waals surface area contributed by atoms with Crippen molar-refractivity contribution in [1.29, 1.82) is 0 Å². The zero-order valence-electron chi connectivity index (χ0n) is 12.4. The number of pyridine rings is 2. The number of hydrogen-bond acceptors (Lipinski definition) is 2. The predicted octanol–water partition coefficient (Wildman–Crippen LogP) is 5.47. The molecule has 2 heterocycles. The highest BCUT2D eigenvalue weighted by Gasteiger charge is 2.33. The highest BCUT2D eigenvalue weighted by molar-refractivity contribution is 5.96. The van der Waals surface area contributed by atoms with Crippen LogP contribution in [-0.2, 0) is 6.18 Å². The maximum atomic E-state index is 13.2. The van der Waals surface area contributed by atoms with E-state index < -0.39 is 11.7 Å². The number of alkyl halides is 3. The molecule has 5 heteroatoms. The van der Waals surface area contributed by atoms with Crippen LogP contribution in [0.4, 0.5) is 13.2 Å². The molecule has 0 bridgehead atoms. The van der Waals surface area contributed by atoms with Gasteiger partial charge in [-0.2, -0.15) is 13.2 Å². The third-order valence-corrected chi connectivity index (χ3v) is 3.95. The first-order valence-corrected chi connectivity index (χ1v) is 7.35. The van der Waals surface area contributed by atoms with Crippen LogP contribution in [0, 0.1) is 0 Å². The SMILES string of the molecule is FC(F)(F)c1ccc(-c2ccc3ccccc3n2)c2cccnc12. The van der Waals surface area contributed by atoms with Gasteiger partial charge in [-0.1, -0.05) is 36.4 Å². The molecule has 0 fully saturated rings. The average molecular weight is 324 g/mol. The summed E-state index contributed by atoms with van der Waals surface area (Å²) in [5.74, 6) is 0. The Morgan fingerprint density at radius 1 is 0.792 bits per heavy atom. The fraction of sp³-hybridized carbons (Fsp3) is 0.0526. The second-order valence-electron chi connectivity index (χ2n) is 5.45. The van der Waals surface area contributed by atoms with Crippen molar-refractivity contribution in [2.24, 2.45) is 0 Å². The summed E-state index contributed by atoms with van der Waals surface area (Å²) < 4.78 is 39.6. The Kier molecular flexibility index (Phi) is 3.23. The summed E-state index contributed by atoms with van der Waals surface area (Å²) in [6.45, 7) is 0. The molecule has 0 saturated heterocycles. The van der Waals surface area contributed by atoms with Crippen molar-refractivity contribution in [3.05, 3.63) is 72.4 Å². The highest BCUT2D eigenvalue weighted by Crippen LogP contribution is 2.37. The van der Waals surface area contributed by atoms with E-state index in [1.807, 2.05) is 36.4 Å². The van der Waals surface area contributed by atoms with Gasteiger partial charge < -0.3 is 0 Å². The molecule has 0 radical (unpaired) electrons. The molecule has 2 aromatic heterocycles. The summed E-state index contributed by atoms with van der Waals surface area (Å²) >= 11 is 0. The summed E-state index contributed by atoms with van der Waals surface area (Å²) in [5, 5.41) is 1.42. The largest absolute Gasteiger partial charge is 0.418 e. The van der Waals surface area contributed by atoms with Gasteiger partial charge in [0.05, 0.1) is 22.3 Å². The third-order valence-electron chi connectivity index (χ3n) is 3.95. The second kappa shape index (κ2) is 5.30. The third kappa shape index (κ3) is 2.38.